The normalized spacial score (nSPS) is 19.4. The number of aliphatic hydroxyl groups is 1. The highest BCUT2D eigenvalue weighted by Gasteiger charge is 2.21. The summed E-state index contributed by atoms with van der Waals surface area (Å²) >= 11 is 0. The van der Waals surface area contributed by atoms with Crippen LogP contribution >= 0.6 is 0 Å². The summed E-state index contributed by atoms with van der Waals surface area (Å²) in [6.45, 7) is 3.63. The zero-order chi connectivity index (χ0) is 12.3. The van der Waals surface area contributed by atoms with Gasteiger partial charge in [-0.25, -0.2) is 4.79 Å². The molecule has 0 amide bonds. The van der Waals surface area contributed by atoms with E-state index >= 15 is 0 Å². The molecule has 0 aromatic heterocycles. The van der Waals surface area contributed by atoms with Gasteiger partial charge in [0.05, 0.1) is 18.3 Å². The summed E-state index contributed by atoms with van der Waals surface area (Å²) in [7, 11) is 0. The molecule has 0 unspecified atom stereocenters. The van der Waals surface area contributed by atoms with Crippen molar-refractivity contribution in [2.45, 2.75) is 19.4 Å². The van der Waals surface area contributed by atoms with Gasteiger partial charge in [0.2, 0.25) is 0 Å². The number of carbonyl (C=O) groups excluding carboxylic acids is 1. The van der Waals surface area contributed by atoms with Crippen LogP contribution in [0.15, 0.2) is 24.3 Å². The van der Waals surface area contributed by atoms with E-state index in [1.165, 1.54) is 0 Å². The molecule has 0 saturated carbocycles. The van der Waals surface area contributed by atoms with Gasteiger partial charge in [-0.15, -0.1) is 0 Å². The van der Waals surface area contributed by atoms with Crippen molar-refractivity contribution in [1.29, 1.82) is 0 Å². The standard InChI is InChI=1S/C13H17NO3/c1-2-17-13(16)10-4-3-5-11(8-10)14-7-6-12(15)9-14/h3-5,8,12,15H,2,6-7,9H2,1H3/t12-/m1/s1. The quantitative estimate of drug-likeness (QED) is 0.805. The molecule has 2 rings (SSSR count). The number of esters is 1. The summed E-state index contributed by atoms with van der Waals surface area (Å²) in [6, 6.07) is 7.34. The molecule has 1 aromatic carbocycles. The summed E-state index contributed by atoms with van der Waals surface area (Å²) < 4.78 is 4.96. The summed E-state index contributed by atoms with van der Waals surface area (Å²) in [5.74, 6) is -0.297. The van der Waals surface area contributed by atoms with Crippen LogP contribution in [0.5, 0.6) is 0 Å². The van der Waals surface area contributed by atoms with E-state index in [1.54, 1.807) is 13.0 Å². The number of hydrogen-bond donors (Lipinski definition) is 1. The van der Waals surface area contributed by atoms with Gasteiger partial charge in [-0.2, -0.15) is 0 Å². The average molecular weight is 235 g/mol. The molecule has 1 aliphatic heterocycles. The predicted octanol–water partition coefficient (Wildman–Crippen LogP) is 1.43. The minimum atomic E-state index is -0.297. The predicted molar refractivity (Wildman–Crippen MR) is 65.2 cm³/mol. The van der Waals surface area contributed by atoms with Crippen molar-refractivity contribution in [1.82, 2.24) is 0 Å². The van der Waals surface area contributed by atoms with E-state index in [0.29, 0.717) is 18.7 Å². The highest BCUT2D eigenvalue weighted by molar-refractivity contribution is 5.90. The molecule has 4 heteroatoms. The zero-order valence-corrected chi connectivity index (χ0v) is 9.93. The fourth-order valence-corrected chi connectivity index (χ4v) is 2.02. The SMILES string of the molecule is CCOC(=O)c1cccc(N2CC[C@@H](O)C2)c1. The maximum atomic E-state index is 11.6. The molecule has 92 valence electrons. The third-order valence-electron chi connectivity index (χ3n) is 2.89. The van der Waals surface area contributed by atoms with Gasteiger partial charge in [-0.1, -0.05) is 6.07 Å². The lowest BCUT2D eigenvalue weighted by Gasteiger charge is -2.18. The van der Waals surface area contributed by atoms with E-state index < -0.39 is 0 Å². The van der Waals surface area contributed by atoms with Crippen molar-refractivity contribution in [2.24, 2.45) is 0 Å². The van der Waals surface area contributed by atoms with Gasteiger partial charge in [-0.3, -0.25) is 0 Å². The maximum absolute atomic E-state index is 11.6. The average Bonchev–Trinajstić information content (AvgIpc) is 2.76. The third-order valence-corrected chi connectivity index (χ3v) is 2.89. The Morgan fingerprint density at radius 2 is 2.41 bits per heavy atom. The lowest BCUT2D eigenvalue weighted by Crippen LogP contribution is -2.21. The fraction of sp³-hybridized carbons (Fsp3) is 0.462. The first-order valence-corrected chi connectivity index (χ1v) is 5.91. The molecule has 1 N–H and O–H groups in total. The Balaban J connectivity index is 2.14. The molecule has 1 aliphatic rings. The van der Waals surface area contributed by atoms with Crippen molar-refractivity contribution in [3.05, 3.63) is 29.8 Å². The first-order chi connectivity index (χ1) is 8.20. The maximum Gasteiger partial charge on any atom is 0.338 e. The van der Waals surface area contributed by atoms with Crippen LogP contribution in [0, 0.1) is 0 Å². The molecule has 1 aromatic rings. The van der Waals surface area contributed by atoms with Gasteiger partial charge in [0.25, 0.3) is 0 Å². The van der Waals surface area contributed by atoms with Gasteiger partial charge in [0.1, 0.15) is 0 Å². The van der Waals surface area contributed by atoms with Gasteiger partial charge in [0.15, 0.2) is 0 Å². The number of carbonyl (C=O) groups is 1. The lowest BCUT2D eigenvalue weighted by molar-refractivity contribution is 0.0526. The van der Waals surface area contributed by atoms with Crippen molar-refractivity contribution in [2.75, 3.05) is 24.6 Å². The molecule has 1 saturated heterocycles. The topological polar surface area (TPSA) is 49.8 Å². The number of benzene rings is 1. The third kappa shape index (κ3) is 2.77. The zero-order valence-electron chi connectivity index (χ0n) is 9.93. The van der Waals surface area contributed by atoms with E-state index in [4.69, 9.17) is 4.74 Å². The monoisotopic (exact) mass is 235 g/mol. The van der Waals surface area contributed by atoms with Gasteiger partial charge >= 0.3 is 5.97 Å². The summed E-state index contributed by atoms with van der Waals surface area (Å²) in [4.78, 5) is 13.7. The Morgan fingerprint density at radius 3 is 3.06 bits per heavy atom. The molecule has 17 heavy (non-hydrogen) atoms. The molecule has 1 atom stereocenters. The van der Waals surface area contributed by atoms with Crippen molar-refractivity contribution in [3.63, 3.8) is 0 Å². The second kappa shape index (κ2) is 5.19. The Morgan fingerprint density at radius 1 is 1.59 bits per heavy atom. The van der Waals surface area contributed by atoms with Crippen LogP contribution in [0.2, 0.25) is 0 Å². The lowest BCUT2D eigenvalue weighted by atomic mass is 10.2. The summed E-state index contributed by atoms with van der Waals surface area (Å²) in [5, 5.41) is 9.49. The van der Waals surface area contributed by atoms with Crippen LogP contribution in [0.4, 0.5) is 5.69 Å². The van der Waals surface area contributed by atoms with E-state index in [-0.39, 0.29) is 12.1 Å². The number of nitrogens with zero attached hydrogens (tertiary/aromatic N) is 1. The highest BCUT2D eigenvalue weighted by atomic mass is 16.5. The van der Waals surface area contributed by atoms with Crippen LogP contribution in [0.1, 0.15) is 23.7 Å². The Labute approximate surface area is 101 Å². The van der Waals surface area contributed by atoms with Crippen molar-refractivity contribution in [3.8, 4) is 0 Å². The van der Waals surface area contributed by atoms with Gasteiger partial charge in [0, 0.05) is 18.8 Å². The largest absolute Gasteiger partial charge is 0.462 e. The molecule has 4 nitrogen and oxygen atoms in total. The number of hydrogen-bond acceptors (Lipinski definition) is 4. The second-order valence-electron chi connectivity index (χ2n) is 4.16. The first-order valence-electron chi connectivity index (χ1n) is 5.91. The molecular formula is C13H17NO3. The molecule has 1 fully saturated rings. The first kappa shape index (κ1) is 11.9. The van der Waals surface area contributed by atoms with E-state index in [9.17, 15) is 9.90 Å². The smallest absolute Gasteiger partial charge is 0.338 e. The molecule has 0 spiro atoms. The minimum Gasteiger partial charge on any atom is -0.462 e. The number of β-amino-alcohol motifs (C(OH)–C–C–N with tert-alkyl or cyclic N) is 1. The summed E-state index contributed by atoms with van der Waals surface area (Å²) in [5.41, 5.74) is 1.53. The van der Waals surface area contributed by atoms with E-state index in [1.807, 2.05) is 18.2 Å². The van der Waals surface area contributed by atoms with Crippen molar-refractivity contribution >= 4 is 11.7 Å². The number of anilines is 1. The van der Waals surface area contributed by atoms with Crippen LogP contribution < -0.4 is 4.90 Å². The fourth-order valence-electron chi connectivity index (χ4n) is 2.02. The minimum absolute atomic E-state index is 0.263. The number of rotatable bonds is 3. The van der Waals surface area contributed by atoms with Crippen molar-refractivity contribution < 1.29 is 14.6 Å². The number of aliphatic hydroxyl groups excluding tert-OH is 1. The van der Waals surface area contributed by atoms with E-state index in [0.717, 1.165) is 18.7 Å². The van der Waals surface area contributed by atoms with Crippen LogP contribution in [-0.4, -0.2) is 36.9 Å². The molecule has 1 heterocycles. The second-order valence-corrected chi connectivity index (χ2v) is 4.16. The van der Waals surface area contributed by atoms with E-state index in [2.05, 4.69) is 4.90 Å². The van der Waals surface area contributed by atoms with Crippen LogP contribution in [-0.2, 0) is 4.74 Å². The molecule has 0 bridgehead atoms. The Bertz CT molecular complexity index is 405. The number of ether oxygens (including phenoxy) is 1. The van der Waals surface area contributed by atoms with Crippen LogP contribution in [0.3, 0.4) is 0 Å². The summed E-state index contributed by atoms with van der Waals surface area (Å²) in [6.07, 6.45) is 0.519. The van der Waals surface area contributed by atoms with Gasteiger partial charge in [-0.05, 0) is 31.5 Å². The Kier molecular flexibility index (Phi) is 3.64. The molecular weight excluding hydrogens is 218 g/mol. The highest BCUT2D eigenvalue weighted by Crippen LogP contribution is 2.21. The molecule has 0 radical (unpaired) electrons. The Hall–Kier alpha value is -1.55. The molecule has 0 aliphatic carbocycles. The van der Waals surface area contributed by atoms with Crippen LogP contribution in [0.25, 0.3) is 0 Å². The van der Waals surface area contributed by atoms with Gasteiger partial charge < -0.3 is 14.7 Å².